The number of nitrogens with one attached hydrogen (secondary N) is 1. The number of nitrogens with zero attached hydrogens (tertiary/aromatic N) is 2. The molecule has 1 aromatic heterocycles. The number of aryl methyl sites for hydroxylation is 1. The van der Waals surface area contributed by atoms with E-state index in [1.807, 2.05) is 6.07 Å². The Balaban J connectivity index is 0.000000367. The summed E-state index contributed by atoms with van der Waals surface area (Å²) in [6, 6.07) is 8.61. The fourth-order valence-electron chi connectivity index (χ4n) is 5.07. The van der Waals surface area contributed by atoms with E-state index in [0.29, 0.717) is 55.7 Å². The molecule has 2 aromatic rings. The number of pyridine rings is 1. The first-order chi connectivity index (χ1) is 19.3. The molecule has 1 amide bonds. The van der Waals surface area contributed by atoms with Crippen molar-refractivity contribution in [2.24, 2.45) is 0 Å². The third-order valence-electron chi connectivity index (χ3n) is 7.46. The zero-order valence-electron chi connectivity index (χ0n) is 22.5. The minimum atomic E-state index is -4.79. The molecule has 2 N–H and O–H groups in total. The molecule has 0 unspecified atom stereocenters. The van der Waals surface area contributed by atoms with Crippen molar-refractivity contribution in [3.63, 3.8) is 0 Å². The fourth-order valence-corrected chi connectivity index (χ4v) is 7.08. The predicted molar refractivity (Wildman–Crippen MR) is 142 cm³/mol. The van der Waals surface area contributed by atoms with Crippen LogP contribution in [0.1, 0.15) is 56.2 Å². The van der Waals surface area contributed by atoms with Crippen molar-refractivity contribution in [3.05, 3.63) is 47.8 Å². The van der Waals surface area contributed by atoms with Gasteiger partial charge in [-0.15, -0.1) is 0 Å². The van der Waals surface area contributed by atoms with Crippen molar-refractivity contribution in [1.82, 2.24) is 10.3 Å². The lowest BCUT2D eigenvalue weighted by Crippen LogP contribution is -2.33. The summed E-state index contributed by atoms with van der Waals surface area (Å²) in [6.07, 6.45) is -0.811. The van der Waals surface area contributed by atoms with Crippen LogP contribution in [0.3, 0.4) is 0 Å². The molecule has 222 valence electrons. The second-order valence-electron chi connectivity index (χ2n) is 10.6. The second-order valence-corrected chi connectivity index (χ2v) is 12.8. The monoisotopic (exact) mass is 595 g/mol. The molecule has 0 spiro atoms. The number of nitriles is 1. The Kier molecular flexibility index (Phi) is 9.25. The highest BCUT2D eigenvalue weighted by atomic mass is 32.2. The molecule has 5 rings (SSSR count). The highest BCUT2D eigenvalue weighted by molar-refractivity contribution is 7.92. The summed E-state index contributed by atoms with van der Waals surface area (Å²) in [6.45, 7) is 2.96. The number of hydrogen-bond acceptors (Lipinski definition) is 7. The fraction of sp³-hybridized carbons (Fsp3) is 0.536. The van der Waals surface area contributed by atoms with Crippen LogP contribution in [0.15, 0.2) is 41.4 Å². The number of halogens is 3. The Morgan fingerprint density at radius 1 is 1.12 bits per heavy atom. The molecule has 13 heteroatoms. The van der Waals surface area contributed by atoms with Crippen molar-refractivity contribution in [2.75, 3.05) is 13.2 Å². The predicted octanol–water partition coefficient (Wildman–Crippen LogP) is 5.28. The van der Waals surface area contributed by atoms with Crippen molar-refractivity contribution >= 4 is 15.9 Å². The summed E-state index contributed by atoms with van der Waals surface area (Å²) in [5.74, 6) is 0. The van der Waals surface area contributed by atoms with Gasteiger partial charge < -0.3 is 19.9 Å². The first-order valence-electron chi connectivity index (χ1n) is 13.4. The summed E-state index contributed by atoms with van der Waals surface area (Å²) >= 11 is 0. The average Bonchev–Trinajstić information content (AvgIpc) is 3.53. The van der Waals surface area contributed by atoms with Crippen LogP contribution in [0.2, 0.25) is 0 Å². The molecule has 2 saturated carbocycles. The van der Waals surface area contributed by atoms with Gasteiger partial charge in [-0.2, -0.15) is 18.4 Å². The molecule has 3 aliphatic rings. The lowest BCUT2D eigenvalue weighted by atomic mass is 10.0. The number of alkyl halides is 3. The molecule has 1 saturated heterocycles. The molecular weight excluding hydrogens is 563 g/mol. The van der Waals surface area contributed by atoms with Crippen molar-refractivity contribution < 1.29 is 41.0 Å². The second kappa shape index (κ2) is 12.3. The molecule has 0 radical (unpaired) electrons. The molecule has 2 atom stereocenters. The maximum Gasteiger partial charge on any atom is 0.417 e. The van der Waals surface area contributed by atoms with E-state index >= 15 is 0 Å². The number of aromatic nitrogens is 1. The molecule has 2 aliphatic carbocycles. The van der Waals surface area contributed by atoms with E-state index in [1.54, 1.807) is 19.1 Å². The summed E-state index contributed by atoms with van der Waals surface area (Å²) in [4.78, 5) is 13.4. The van der Waals surface area contributed by atoms with Gasteiger partial charge in [-0.3, -0.25) is 4.98 Å². The number of carboxylic acid groups (broad SMARTS) is 1. The molecule has 41 heavy (non-hydrogen) atoms. The highest BCUT2D eigenvalue weighted by Gasteiger charge is 2.45. The minimum absolute atomic E-state index is 0.0176. The van der Waals surface area contributed by atoms with Crippen molar-refractivity contribution in [3.8, 4) is 17.2 Å². The third kappa shape index (κ3) is 7.75. The summed E-state index contributed by atoms with van der Waals surface area (Å²) in [5, 5.41) is 17.7. The Bertz CT molecular complexity index is 1400. The van der Waals surface area contributed by atoms with Gasteiger partial charge in [0.2, 0.25) is 0 Å². The maximum atomic E-state index is 13.9. The van der Waals surface area contributed by atoms with E-state index in [1.165, 1.54) is 12.3 Å². The van der Waals surface area contributed by atoms with E-state index in [9.17, 15) is 26.4 Å². The van der Waals surface area contributed by atoms with Crippen LogP contribution >= 0.6 is 0 Å². The molecule has 9 nitrogen and oxygen atoms in total. The van der Waals surface area contributed by atoms with Gasteiger partial charge in [0.05, 0.1) is 34.0 Å². The Labute approximate surface area is 236 Å². The molecule has 1 aliphatic heterocycles. The molecule has 2 heterocycles. The highest BCUT2D eigenvalue weighted by Crippen LogP contribution is 2.41. The SMILES string of the molecule is Cc1cc(-c2ccc(S(=O)(=O)[C@H]3CC[C@H](OC4CCOCC4)C3)c(C(F)(F)F)c2)ccn1.N#CC1(NC(=O)O)CC1. The van der Waals surface area contributed by atoms with Crippen LogP contribution in [-0.4, -0.2) is 60.8 Å². The lowest BCUT2D eigenvalue weighted by molar-refractivity contribution is -0.139. The third-order valence-corrected chi connectivity index (χ3v) is 9.74. The first-order valence-corrected chi connectivity index (χ1v) is 14.9. The van der Waals surface area contributed by atoms with Gasteiger partial charge in [-0.1, -0.05) is 6.07 Å². The van der Waals surface area contributed by atoms with E-state index in [4.69, 9.17) is 19.8 Å². The Morgan fingerprint density at radius 2 is 1.80 bits per heavy atom. The maximum absolute atomic E-state index is 13.9. The van der Waals surface area contributed by atoms with Gasteiger partial charge in [0.15, 0.2) is 9.84 Å². The molecule has 0 bridgehead atoms. The van der Waals surface area contributed by atoms with Gasteiger partial charge in [0, 0.05) is 25.1 Å². The van der Waals surface area contributed by atoms with E-state index in [2.05, 4.69) is 10.3 Å². The summed E-state index contributed by atoms with van der Waals surface area (Å²) < 4.78 is 79.6. The lowest BCUT2D eigenvalue weighted by Gasteiger charge is -2.26. The smallest absolute Gasteiger partial charge is 0.417 e. The van der Waals surface area contributed by atoms with Gasteiger partial charge >= 0.3 is 12.3 Å². The van der Waals surface area contributed by atoms with Crippen LogP contribution in [-0.2, 0) is 25.5 Å². The zero-order chi connectivity index (χ0) is 29.8. The van der Waals surface area contributed by atoms with Crippen LogP contribution < -0.4 is 5.32 Å². The van der Waals surface area contributed by atoms with E-state index in [-0.39, 0.29) is 18.6 Å². The Hall–Kier alpha value is -3.21. The number of hydrogen-bond donors (Lipinski definition) is 2. The Morgan fingerprint density at radius 3 is 2.37 bits per heavy atom. The molecular formula is C28H32F3N3O6S. The standard InChI is InChI=1S/C23H26F3NO4S.C5H6N2O2/c1-15-12-17(6-9-27-15)16-2-5-22(21(13-16)23(24,25)26)32(28,29)20-4-3-19(14-20)31-18-7-10-30-11-8-18;6-3-5(1-2-5)7-4(8)9/h2,5-6,9,12-13,18-20H,3-4,7-8,10-11,14H2,1H3;7H,1-2H2,(H,8,9)/t19-,20-;/m0./s1. The van der Waals surface area contributed by atoms with E-state index in [0.717, 1.165) is 25.0 Å². The number of benzene rings is 1. The summed E-state index contributed by atoms with van der Waals surface area (Å²) in [7, 11) is -4.17. The zero-order valence-corrected chi connectivity index (χ0v) is 23.3. The van der Waals surface area contributed by atoms with Gasteiger partial charge in [0.1, 0.15) is 5.54 Å². The minimum Gasteiger partial charge on any atom is -0.465 e. The van der Waals surface area contributed by atoms with Gasteiger partial charge in [-0.25, -0.2) is 13.2 Å². The number of amides is 1. The normalized spacial score (nSPS) is 22.2. The van der Waals surface area contributed by atoms with Crippen LogP contribution in [0.5, 0.6) is 0 Å². The number of rotatable bonds is 6. The van der Waals surface area contributed by atoms with Gasteiger partial charge in [0.25, 0.3) is 0 Å². The van der Waals surface area contributed by atoms with Gasteiger partial charge in [-0.05, 0) is 87.3 Å². The average molecular weight is 596 g/mol. The molecule has 3 fully saturated rings. The number of sulfone groups is 1. The van der Waals surface area contributed by atoms with Crippen molar-refractivity contribution in [1.29, 1.82) is 5.26 Å². The van der Waals surface area contributed by atoms with Crippen LogP contribution in [0.25, 0.3) is 11.1 Å². The largest absolute Gasteiger partial charge is 0.465 e. The number of carbonyl (C=O) groups is 1. The summed E-state index contributed by atoms with van der Waals surface area (Å²) in [5.41, 5.74) is -0.342. The molecule has 1 aromatic carbocycles. The van der Waals surface area contributed by atoms with Crippen LogP contribution in [0, 0.1) is 18.3 Å². The first kappa shape index (κ1) is 30.7. The van der Waals surface area contributed by atoms with Crippen LogP contribution in [0.4, 0.5) is 18.0 Å². The quantitative estimate of drug-likeness (QED) is 0.460. The van der Waals surface area contributed by atoms with Crippen molar-refractivity contribution in [2.45, 2.75) is 85.9 Å². The topological polar surface area (TPSA) is 139 Å². The van der Waals surface area contributed by atoms with E-state index < -0.39 is 43.4 Å². The number of ether oxygens (including phenoxy) is 2.